The van der Waals surface area contributed by atoms with E-state index in [1.54, 1.807) is 32.2 Å². The molecule has 2 heterocycles. The lowest BCUT2D eigenvalue weighted by atomic mass is 10.2. The van der Waals surface area contributed by atoms with Crippen molar-refractivity contribution in [1.82, 2.24) is 15.0 Å². The minimum Gasteiger partial charge on any atom is -0.490 e. The molecule has 0 atom stereocenters. The van der Waals surface area contributed by atoms with Crippen LogP contribution in [0.4, 0.5) is 5.82 Å². The van der Waals surface area contributed by atoms with Crippen molar-refractivity contribution in [2.75, 3.05) is 25.1 Å². The van der Waals surface area contributed by atoms with Crippen LogP contribution in [0.3, 0.4) is 0 Å². The maximum absolute atomic E-state index is 12.1. The van der Waals surface area contributed by atoms with Crippen molar-refractivity contribution in [3.63, 3.8) is 0 Å². The third kappa shape index (κ3) is 5.50. The number of aliphatic hydroxyl groups is 1. The van der Waals surface area contributed by atoms with E-state index in [9.17, 15) is 9.90 Å². The van der Waals surface area contributed by atoms with Crippen LogP contribution in [-0.4, -0.2) is 51.6 Å². The Balaban J connectivity index is 1.90. The highest BCUT2D eigenvalue weighted by molar-refractivity contribution is 5.83. The average molecular weight is 399 g/mol. The van der Waals surface area contributed by atoms with Gasteiger partial charge >= 0.3 is 0 Å². The van der Waals surface area contributed by atoms with Crippen molar-refractivity contribution in [2.24, 2.45) is 0 Å². The summed E-state index contributed by atoms with van der Waals surface area (Å²) in [6, 6.07) is 3.54. The van der Waals surface area contributed by atoms with E-state index in [2.05, 4.69) is 4.98 Å². The van der Waals surface area contributed by atoms with Crippen molar-refractivity contribution < 1.29 is 14.6 Å². The number of carbonyl (C=O) groups is 1. The third-order valence-corrected chi connectivity index (χ3v) is 4.77. The molecule has 3 rings (SSSR count). The van der Waals surface area contributed by atoms with Crippen molar-refractivity contribution in [1.29, 1.82) is 0 Å². The van der Waals surface area contributed by atoms with Crippen LogP contribution >= 0.6 is 0 Å². The number of nitrogens with zero attached hydrogens (tertiary/aromatic N) is 4. The summed E-state index contributed by atoms with van der Waals surface area (Å²) in [5.41, 5.74) is 1.86. The fraction of sp³-hybridized carbons (Fsp3) is 0.545. The van der Waals surface area contributed by atoms with Gasteiger partial charge < -0.3 is 14.7 Å². The topological polar surface area (TPSA) is 88.4 Å². The van der Waals surface area contributed by atoms with Gasteiger partial charge in [-0.15, -0.1) is 0 Å². The number of ether oxygens (including phenoxy) is 1. The SMILES string of the molecule is CCCC(=O)CN(C)c1nc(-c2cc(OCC(C)(C)O)ccn2)nc2c1CCC2. The molecule has 0 spiro atoms. The number of rotatable bonds is 9. The van der Waals surface area contributed by atoms with Gasteiger partial charge in [-0.3, -0.25) is 9.78 Å². The molecule has 0 radical (unpaired) electrons. The highest BCUT2D eigenvalue weighted by Gasteiger charge is 2.23. The van der Waals surface area contributed by atoms with E-state index in [1.165, 1.54) is 0 Å². The lowest BCUT2D eigenvalue weighted by Gasteiger charge is -2.21. The predicted molar refractivity (Wildman–Crippen MR) is 112 cm³/mol. The number of carbonyl (C=O) groups excluding carboxylic acids is 1. The number of anilines is 1. The van der Waals surface area contributed by atoms with E-state index in [0.717, 1.165) is 42.8 Å². The van der Waals surface area contributed by atoms with Crippen molar-refractivity contribution >= 4 is 11.6 Å². The second-order valence-electron chi connectivity index (χ2n) is 8.27. The summed E-state index contributed by atoms with van der Waals surface area (Å²) in [6.07, 6.45) is 5.95. The monoisotopic (exact) mass is 398 g/mol. The Morgan fingerprint density at radius 2 is 2.10 bits per heavy atom. The Kier molecular flexibility index (Phi) is 6.47. The standard InChI is InChI=1S/C22H30N4O3/c1-5-7-15(27)13-26(4)21-17-8-6-9-18(17)24-20(25-21)19-12-16(10-11-23-19)29-14-22(2,3)28/h10-12,28H,5-9,13-14H2,1-4H3. The van der Waals surface area contributed by atoms with Gasteiger partial charge in [-0.1, -0.05) is 6.92 Å². The first-order chi connectivity index (χ1) is 13.8. The number of fused-ring (bicyclic) bond motifs is 1. The minimum atomic E-state index is -0.922. The van der Waals surface area contributed by atoms with Crippen LogP contribution in [0, 0.1) is 0 Å². The molecule has 1 N–H and O–H groups in total. The van der Waals surface area contributed by atoms with Gasteiger partial charge in [-0.25, -0.2) is 9.97 Å². The first-order valence-corrected chi connectivity index (χ1v) is 10.2. The Hall–Kier alpha value is -2.54. The molecular formula is C22H30N4O3. The second kappa shape index (κ2) is 8.86. The van der Waals surface area contributed by atoms with E-state index in [1.807, 2.05) is 18.9 Å². The molecule has 1 aliphatic carbocycles. The fourth-order valence-corrected chi connectivity index (χ4v) is 3.42. The minimum absolute atomic E-state index is 0.176. The van der Waals surface area contributed by atoms with Crippen LogP contribution in [0.2, 0.25) is 0 Å². The summed E-state index contributed by atoms with van der Waals surface area (Å²) in [4.78, 5) is 28.0. The largest absolute Gasteiger partial charge is 0.490 e. The molecule has 2 aromatic heterocycles. The van der Waals surface area contributed by atoms with Crippen molar-refractivity contribution in [3.05, 3.63) is 29.6 Å². The molecule has 0 saturated carbocycles. The number of hydrogen-bond donors (Lipinski definition) is 1. The Morgan fingerprint density at radius 1 is 1.31 bits per heavy atom. The number of pyridine rings is 1. The Bertz CT molecular complexity index is 877. The van der Waals surface area contributed by atoms with Gasteiger partial charge in [-0.05, 0) is 45.6 Å². The van der Waals surface area contributed by atoms with Crippen LogP contribution in [0.1, 0.15) is 51.3 Å². The van der Waals surface area contributed by atoms with Gasteiger partial charge in [0.05, 0.1) is 12.1 Å². The Labute approximate surface area is 172 Å². The fourth-order valence-electron chi connectivity index (χ4n) is 3.42. The van der Waals surface area contributed by atoms with Crippen LogP contribution in [0.25, 0.3) is 11.5 Å². The lowest BCUT2D eigenvalue weighted by molar-refractivity contribution is -0.117. The molecule has 0 aliphatic heterocycles. The molecule has 1 aliphatic rings. The zero-order valence-corrected chi connectivity index (χ0v) is 17.7. The summed E-state index contributed by atoms with van der Waals surface area (Å²) in [5, 5.41) is 9.88. The van der Waals surface area contributed by atoms with E-state index < -0.39 is 5.60 Å². The van der Waals surface area contributed by atoms with Crippen molar-refractivity contribution in [3.8, 4) is 17.3 Å². The van der Waals surface area contributed by atoms with Crippen LogP contribution in [-0.2, 0) is 17.6 Å². The number of likely N-dealkylation sites (N-methyl/N-ethyl adjacent to an activating group) is 1. The van der Waals surface area contributed by atoms with Gasteiger partial charge in [0, 0.05) is 37.0 Å². The smallest absolute Gasteiger partial charge is 0.180 e. The molecule has 156 valence electrons. The first-order valence-electron chi connectivity index (χ1n) is 10.2. The molecule has 29 heavy (non-hydrogen) atoms. The molecule has 0 unspecified atom stereocenters. The molecule has 7 nitrogen and oxygen atoms in total. The van der Waals surface area contributed by atoms with Gasteiger partial charge in [0.15, 0.2) is 11.6 Å². The van der Waals surface area contributed by atoms with Crippen LogP contribution in [0.15, 0.2) is 18.3 Å². The molecule has 0 amide bonds. The highest BCUT2D eigenvalue weighted by Crippen LogP contribution is 2.31. The van der Waals surface area contributed by atoms with Gasteiger partial charge in [-0.2, -0.15) is 0 Å². The number of ketones is 1. The molecule has 0 fully saturated rings. The quantitative estimate of drug-likeness (QED) is 0.695. The van der Waals surface area contributed by atoms with Gasteiger partial charge in [0.1, 0.15) is 23.9 Å². The highest BCUT2D eigenvalue weighted by atomic mass is 16.5. The van der Waals surface area contributed by atoms with E-state index in [-0.39, 0.29) is 12.4 Å². The van der Waals surface area contributed by atoms with E-state index in [4.69, 9.17) is 14.7 Å². The summed E-state index contributed by atoms with van der Waals surface area (Å²) in [5.74, 6) is 2.16. The summed E-state index contributed by atoms with van der Waals surface area (Å²) < 4.78 is 5.68. The van der Waals surface area contributed by atoms with Crippen molar-refractivity contribution in [2.45, 2.75) is 58.5 Å². The first kappa shape index (κ1) is 21.2. The molecule has 0 saturated heterocycles. The molecule has 7 heteroatoms. The van der Waals surface area contributed by atoms with Crippen LogP contribution < -0.4 is 9.64 Å². The summed E-state index contributed by atoms with van der Waals surface area (Å²) in [7, 11) is 1.91. The molecule has 2 aromatic rings. The number of aryl methyl sites for hydroxylation is 1. The second-order valence-corrected chi connectivity index (χ2v) is 8.27. The summed E-state index contributed by atoms with van der Waals surface area (Å²) >= 11 is 0. The normalized spacial score (nSPS) is 13.3. The van der Waals surface area contributed by atoms with Gasteiger partial charge in [0.2, 0.25) is 0 Å². The maximum atomic E-state index is 12.1. The number of hydrogen-bond acceptors (Lipinski definition) is 7. The summed E-state index contributed by atoms with van der Waals surface area (Å²) in [6.45, 7) is 5.92. The number of Topliss-reactive ketones (excluding diaryl/α,β-unsaturated/α-hetero) is 1. The zero-order chi connectivity index (χ0) is 21.0. The predicted octanol–water partition coefficient (Wildman–Crippen LogP) is 2.98. The van der Waals surface area contributed by atoms with E-state index in [0.29, 0.717) is 30.2 Å². The Morgan fingerprint density at radius 3 is 2.83 bits per heavy atom. The maximum Gasteiger partial charge on any atom is 0.180 e. The molecular weight excluding hydrogens is 368 g/mol. The average Bonchev–Trinajstić information content (AvgIpc) is 3.14. The third-order valence-electron chi connectivity index (χ3n) is 4.77. The lowest BCUT2D eigenvalue weighted by Crippen LogP contribution is -2.28. The molecule has 0 aromatic carbocycles. The molecule has 0 bridgehead atoms. The zero-order valence-electron chi connectivity index (χ0n) is 17.7. The van der Waals surface area contributed by atoms with Crippen LogP contribution in [0.5, 0.6) is 5.75 Å². The van der Waals surface area contributed by atoms with Gasteiger partial charge in [0.25, 0.3) is 0 Å². The van der Waals surface area contributed by atoms with E-state index >= 15 is 0 Å². The number of aromatic nitrogens is 3.